The van der Waals surface area contributed by atoms with Crippen molar-refractivity contribution < 1.29 is 9.59 Å². The van der Waals surface area contributed by atoms with Crippen molar-refractivity contribution in [2.24, 2.45) is 0 Å². The van der Waals surface area contributed by atoms with E-state index in [4.69, 9.17) is 12.2 Å². The summed E-state index contributed by atoms with van der Waals surface area (Å²) in [5, 5.41) is 8.82. The number of rotatable bonds is 8. The monoisotopic (exact) mass is 501 g/mol. The second-order valence-corrected chi connectivity index (χ2v) is 10.3. The van der Waals surface area contributed by atoms with Gasteiger partial charge in [0.25, 0.3) is 11.8 Å². The van der Waals surface area contributed by atoms with Crippen LogP contribution < -0.4 is 16.0 Å². The second kappa shape index (κ2) is 12.5. The molecule has 3 aromatic rings. The van der Waals surface area contributed by atoms with E-state index in [1.165, 1.54) is 24.8 Å². The lowest BCUT2D eigenvalue weighted by molar-refractivity contribution is 0.0976. The standard InChI is InChI=1S/C30H35N3O2S/c1-5-6-7-8-21-9-11-22(12-10-21)27(34)31-25-17-19-26(20-18-25)32-29(36)33-28(35)23-13-15-24(16-14-23)30(2,3)4/h9-20H,5-8H2,1-4H3,(H,31,34)(H2,32,33,35,36). The van der Waals surface area contributed by atoms with E-state index in [1.54, 1.807) is 36.4 Å². The molecule has 3 N–H and O–H groups in total. The van der Waals surface area contributed by atoms with Crippen molar-refractivity contribution in [2.45, 2.75) is 58.8 Å². The number of hydrogen-bond donors (Lipinski definition) is 3. The van der Waals surface area contributed by atoms with Gasteiger partial charge in [0.05, 0.1) is 0 Å². The van der Waals surface area contributed by atoms with Crippen molar-refractivity contribution in [3.63, 3.8) is 0 Å². The van der Waals surface area contributed by atoms with E-state index in [2.05, 4.69) is 43.6 Å². The minimum absolute atomic E-state index is 0.0238. The minimum atomic E-state index is -0.270. The molecule has 0 bridgehead atoms. The van der Waals surface area contributed by atoms with Gasteiger partial charge in [-0.25, -0.2) is 0 Å². The Morgan fingerprint density at radius 1 is 0.722 bits per heavy atom. The van der Waals surface area contributed by atoms with Gasteiger partial charge in [-0.1, -0.05) is 64.8 Å². The Kier molecular flexibility index (Phi) is 9.37. The van der Waals surface area contributed by atoms with Crippen molar-refractivity contribution in [2.75, 3.05) is 10.6 Å². The number of carbonyl (C=O) groups excluding carboxylic acids is 2. The van der Waals surface area contributed by atoms with Crippen LogP contribution in [0, 0.1) is 0 Å². The molecule has 0 saturated heterocycles. The lowest BCUT2D eigenvalue weighted by Crippen LogP contribution is -2.34. The Bertz CT molecular complexity index is 1180. The quantitative estimate of drug-likeness (QED) is 0.227. The molecule has 0 heterocycles. The molecule has 188 valence electrons. The Morgan fingerprint density at radius 3 is 1.81 bits per heavy atom. The summed E-state index contributed by atoms with van der Waals surface area (Å²) in [6.07, 6.45) is 4.62. The summed E-state index contributed by atoms with van der Waals surface area (Å²) in [6.45, 7) is 8.58. The molecule has 36 heavy (non-hydrogen) atoms. The smallest absolute Gasteiger partial charge is 0.257 e. The van der Waals surface area contributed by atoms with Crippen molar-refractivity contribution >= 4 is 40.5 Å². The van der Waals surface area contributed by atoms with E-state index in [1.807, 2.05) is 36.4 Å². The first-order valence-electron chi connectivity index (χ1n) is 12.4. The topological polar surface area (TPSA) is 70.2 Å². The number of nitrogens with one attached hydrogen (secondary N) is 3. The third-order valence-electron chi connectivity index (χ3n) is 5.93. The number of thiocarbonyl (C=S) groups is 1. The molecule has 0 spiro atoms. The first-order valence-corrected chi connectivity index (χ1v) is 12.8. The Morgan fingerprint density at radius 2 is 1.25 bits per heavy atom. The molecule has 5 nitrogen and oxygen atoms in total. The van der Waals surface area contributed by atoms with Crippen molar-refractivity contribution in [3.8, 4) is 0 Å². The van der Waals surface area contributed by atoms with Gasteiger partial charge in [-0.15, -0.1) is 0 Å². The maximum atomic E-state index is 12.6. The van der Waals surface area contributed by atoms with E-state index >= 15 is 0 Å². The maximum absolute atomic E-state index is 12.6. The van der Waals surface area contributed by atoms with Crippen LogP contribution in [0.1, 0.15) is 78.8 Å². The molecule has 2 amide bonds. The number of carbonyl (C=O) groups is 2. The summed E-state index contributed by atoms with van der Waals surface area (Å²) in [7, 11) is 0. The number of unbranched alkanes of at least 4 members (excludes halogenated alkanes) is 2. The number of benzene rings is 3. The van der Waals surface area contributed by atoms with Gasteiger partial charge < -0.3 is 10.6 Å². The summed E-state index contributed by atoms with van der Waals surface area (Å²) in [5.41, 5.74) is 4.97. The molecule has 0 atom stereocenters. The normalized spacial score (nSPS) is 11.0. The van der Waals surface area contributed by atoms with Gasteiger partial charge in [0.15, 0.2) is 5.11 Å². The summed E-state index contributed by atoms with van der Waals surface area (Å²) < 4.78 is 0. The van der Waals surface area contributed by atoms with Crippen LogP contribution in [0.15, 0.2) is 72.8 Å². The van der Waals surface area contributed by atoms with Gasteiger partial charge in [0, 0.05) is 22.5 Å². The summed E-state index contributed by atoms with van der Waals surface area (Å²) >= 11 is 5.29. The van der Waals surface area contributed by atoms with Crippen molar-refractivity contribution in [3.05, 3.63) is 95.1 Å². The van der Waals surface area contributed by atoms with Crippen LogP contribution in [0.5, 0.6) is 0 Å². The average molecular weight is 502 g/mol. The van der Waals surface area contributed by atoms with Gasteiger partial charge in [0.1, 0.15) is 0 Å². The van der Waals surface area contributed by atoms with Crippen LogP contribution in [-0.2, 0) is 11.8 Å². The zero-order valence-corrected chi connectivity index (χ0v) is 22.3. The average Bonchev–Trinajstić information content (AvgIpc) is 2.85. The zero-order chi connectivity index (χ0) is 26.1. The zero-order valence-electron chi connectivity index (χ0n) is 21.5. The molecule has 0 unspecified atom stereocenters. The SMILES string of the molecule is CCCCCc1ccc(C(=O)Nc2ccc(NC(=S)NC(=O)c3ccc(C(C)(C)C)cc3)cc2)cc1. The Hall–Kier alpha value is -3.51. The molecule has 3 rings (SSSR count). The molecule has 6 heteroatoms. The molecule has 0 aliphatic heterocycles. The predicted octanol–water partition coefficient (Wildman–Crippen LogP) is 7.10. The first-order chi connectivity index (χ1) is 17.2. The van der Waals surface area contributed by atoms with Crippen molar-refractivity contribution in [1.29, 1.82) is 0 Å². The third-order valence-corrected chi connectivity index (χ3v) is 6.13. The van der Waals surface area contributed by atoms with E-state index in [0.29, 0.717) is 22.5 Å². The lowest BCUT2D eigenvalue weighted by atomic mass is 9.87. The number of amides is 2. The van der Waals surface area contributed by atoms with E-state index in [0.717, 1.165) is 12.0 Å². The molecular formula is C30H35N3O2S. The third kappa shape index (κ3) is 8.02. The van der Waals surface area contributed by atoms with Crippen LogP contribution in [0.3, 0.4) is 0 Å². The van der Waals surface area contributed by atoms with Crippen LogP contribution in [0.4, 0.5) is 11.4 Å². The fourth-order valence-corrected chi connectivity index (χ4v) is 3.91. The van der Waals surface area contributed by atoms with E-state index in [-0.39, 0.29) is 22.3 Å². The number of anilines is 2. The molecule has 0 aliphatic rings. The highest BCUT2D eigenvalue weighted by molar-refractivity contribution is 7.80. The number of aryl methyl sites for hydroxylation is 1. The molecule has 3 aromatic carbocycles. The summed E-state index contributed by atoms with van der Waals surface area (Å²) in [6, 6.07) is 22.5. The largest absolute Gasteiger partial charge is 0.332 e. The molecule has 0 radical (unpaired) electrons. The van der Waals surface area contributed by atoms with Crippen molar-refractivity contribution in [1.82, 2.24) is 5.32 Å². The highest BCUT2D eigenvalue weighted by Gasteiger charge is 2.15. The Labute approximate surface area is 219 Å². The maximum Gasteiger partial charge on any atom is 0.257 e. The summed E-state index contributed by atoms with van der Waals surface area (Å²) in [5.74, 6) is -0.427. The fraction of sp³-hybridized carbons (Fsp3) is 0.300. The minimum Gasteiger partial charge on any atom is -0.332 e. The molecule has 0 aromatic heterocycles. The van der Waals surface area contributed by atoms with Crippen LogP contribution >= 0.6 is 12.2 Å². The number of hydrogen-bond acceptors (Lipinski definition) is 3. The van der Waals surface area contributed by atoms with E-state index < -0.39 is 0 Å². The van der Waals surface area contributed by atoms with Crippen LogP contribution in [0.2, 0.25) is 0 Å². The molecule has 0 aliphatic carbocycles. The van der Waals surface area contributed by atoms with Gasteiger partial charge in [0.2, 0.25) is 0 Å². The molecular weight excluding hydrogens is 466 g/mol. The highest BCUT2D eigenvalue weighted by Crippen LogP contribution is 2.22. The summed E-state index contributed by atoms with van der Waals surface area (Å²) in [4.78, 5) is 25.1. The highest BCUT2D eigenvalue weighted by atomic mass is 32.1. The van der Waals surface area contributed by atoms with Crippen LogP contribution in [-0.4, -0.2) is 16.9 Å². The van der Waals surface area contributed by atoms with Gasteiger partial charge in [-0.05, 0) is 90.1 Å². The van der Waals surface area contributed by atoms with Gasteiger partial charge >= 0.3 is 0 Å². The van der Waals surface area contributed by atoms with Gasteiger partial charge in [-0.3, -0.25) is 14.9 Å². The lowest BCUT2D eigenvalue weighted by Gasteiger charge is -2.19. The predicted molar refractivity (Wildman–Crippen MR) is 153 cm³/mol. The second-order valence-electron chi connectivity index (χ2n) is 9.92. The molecule has 0 fully saturated rings. The molecule has 0 saturated carbocycles. The van der Waals surface area contributed by atoms with E-state index in [9.17, 15) is 9.59 Å². The van der Waals surface area contributed by atoms with Gasteiger partial charge in [-0.2, -0.15) is 0 Å². The van der Waals surface area contributed by atoms with Crippen LogP contribution in [0.25, 0.3) is 0 Å². The fourth-order valence-electron chi connectivity index (χ4n) is 3.70. The first kappa shape index (κ1) is 27.1. The Balaban J connectivity index is 1.50.